The maximum atomic E-state index is 11.3. The van der Waals surface area contributed by atoms with Crippen LogP contribution >= 0.6 is 0 Å². The molecule has 0 unspecified atom stereocenters. The van der Waals surface area contributed by atoms with Crippen LogP contribution in [-0.2, 0) is 10.1 Å². The van der Waals surface area contributed by atoms with E-state index in [2.05, 4.69) is 4.98 Å². The zero-order valence-corrected chi connectivity index (χ0v) is 12.3. The van der Waals surface area contributed by atoms with Gasteiger partial charge >= 0.3 is 10.1 Å². The number of oxazole rings is 1. The van der Waals surface area contributed by atoms with Gasteiger partial charge in [-0.25, -0.2) is 4.98 Å². The summed E-state index contributed by atoms with van der Waals surface area (Å²) >= 11 is 0. The van der Waals surface area contributed by atoms with E-state index in [0.29, 0.717) is 22.6 Å². The quantitative estimate of drug-likeness (QED) is 0.695. The highest BCUT2D eigenvalue weighted by molar-refractivity contribution is 7.86. The van der Waals surface area contributed by atoms with Gasteiger partial charge in [0.2, 0.25) is 5.89 Å². The van der Waals surface area contributed by atoms with E-state index in [-0.39, 0.29) is 5.75 Å². The molecule has 0 bridgehead atoms. The molecule has 0 fully saturated rings. The predicted octanol–water partition coefficient (Wildman–Crippen LogP) is 3.14. The van der Waals surface area contributed by atoms with Gasteiger partial charge in [-0.3, -0.25) is 0 Å². The van der Waals surface area contributed by atoms with Gasteiger partial charge in [0.05, 0.1) is 11.8 Å². The van der Waals surface area contributed by atoms with Gasteiger partial charge in [-0.2, -0.15) is 8.42 Å². The predicted molar refractivity (Wildman–Crippen MR) is 79.7 cm³/mol. The summed E-state index contributed by atoms with van der Waals surface area (Å²) < 4.78 is 33.3. The molecule has 0 aliphatic heterocycles. The van der Waals surface area contributed by atoms with Gasteiger partial charge in [0.15, 0.2) is 11.3 Å². The van der Waals surface area contributed by atoms with Crippen molar-refractivity contribution in [1.29, 1.82) is 0 Å². The van der Waals surface area contributed by atoms with Gasteiger partial charge in [-0.15, -0.1) is 0 Å². The molecule has 3 aromatic rings. The zero-order chi connectivity index (χ0) is 15.0. The highest BCUT2D eigenvalue weighted by atomic mass is 32.2. The second-order valence-electron chi connectivity index (χ2n) is 4.77. The highest BCUT2D eigenvalue weighted by Gasteiger charge is 2.16. The molecule has 0 saturated carbocycles. The van der Waals surface area contributed by atoms with Crippen LogP contribution in [-0.4, -0.2) is 19.7 Å². The zero-order valence-electron chi connectivity index (χ0n) is 11.5. The molecule has 2 aromatic carbocycles. The van der Waals surface area contributed by atoms with Crippen LogP contribution in [0, 0.1) is 6.92 Å². The molecule has 1 heterocycles. The van der Waals surface area contributed by atoms with Crippen LogP contribution in [0.5, 0.6) is 5.75 Å². The van der Waals surface area contributed by atoms with E-state index in [1.165, 1.54) is 0 Å². The van der Waals surface area contributed by atoms with E-state index < -0.39 is 10.1 Å². The molecule has 3 rings (SSSR count). The lowest BCUT2D eigenvalue weighted by Crippen LogP contribution is -2.06. The van der Waals surface area contributed by atoms with Crippen molar-refractivity contribution in [2.75, 3.05) is 6.26 Å². The molecule has 0 spiro atoms. The van der Waals surface area contributed by atoms with Gasteiger partial charge in [0.25, 0.3) is 0 Å². The Morgan fingerprint density at radius 2 is 1.90 bits per heavy atom. The number of rotatable bonds is 3. The van der Waals surface area contributed by atoms with Crippen molar-refractivity contribution < 1.29 is 17.0 Å². The Hall–Kier alpha value is -2.34. The summed E-state index contributed by atoms with van der Waals surface area (Å²) in [6, 6.07) is 12.4. The van der Waals surface area contributed by atoms with Gasteiger partial charge in [0, 0.05) is 0 Å². The molecule has 5 nitrogen and oxygen atoms in total. The number of aryl methyl sites for hydroxylation is 1. The van der Waals surface area contributed by atoms with Gasteiger partial charge in [-0.1, -0.05) is 18.2 Å². The average Bonchev–Trinajstić information content (AvgIpc) is 2.80. The third-order valence-corrected chi connectivity index (χ3v) is 3.38. The Morgan fingerprint density at radius 3 is 2.67 bits per heavy atom. The number of hydrogen-bond donors (Lipinski definition) is 0. The number of nitrogens with zero attached hydrogens (tertiary/aromatic N) is 1. The molecule has 0 aliphatic carbocycles. The lowest BCUT2D eigenvalue weighted by atomic mass is 10.2. The first-order chi connectivity index (χ1) is 9.92. The van der Waals surface area contributed by atoms with E-state index in [9.17, 15) is 8.42 Å². The van der Waals surface area contributed by atoms with E-state index in [4.69, 9.17) is 8.60 Å². The molecule has 0 amide bonds. The van der Waals surface area contributed by atoms with Crippen molar-refractivity contribution in [3.63, 3.8) is 0 Å². The SMILES string of the molecule is Cc1ccc2nc(-c3ccccc3OS(C)(=O)=O)oc2c1. The summed E-state index contributed by atoms with van der Waals surface area (Å²) in [7, 11) is -3.61. The fourth-order valence-electron chi connectivity index (χ4n) is 2.03. The molecule has 0 radical (unpaired) electrons. The van der Waals surface area contributed by atoms with Crippen LogP contribution in [0.2, 0.25) is 0 Å². The fraction of sp³-hybridized carbons (Fsp3) is 0.133. The number of fused-ring (bicyclic) bond motifs is 1. The average molecular weight is 303 g/mol. The summed E-state index contributed by atoms with van der Waals surface area (Å²) in [6.45, 7) is 1.96. The van der Waals surface area contributed by atoms with Crippen molar-refractivity contribution in [2.24, 2.45) is 0 Å². The third kappa shape index (κ3) is 2.90. The van der Waals surface area contributed by atoms with Crippen molar-refractivity contribution in [3.8, 4) is 17.2 Å². The minimum Gasteiger partial charge on any atom is -0.436 e. The van der Waals surface area contributed by atoms with E-state index >= 15 is 0 Å². The third-order valence-electron chi connectivity index (χ3n) is 2.90. The first kappa shape index (κ1) is 13.6. The number of para-hydroxylation sites is 1. The molecular formula is C15H13NO4S. The van der Waals surface area contributed by atoms with Crippen LogP contribution in [0.1, 0.15) is 5.56 Å². The lowest BCUT2D eigenvalue weighted by Gasteiger charge is -2.06. The van der Waals surface area contributed by atoms with Crippen molar-refractivity contribution in [1.82, 2.24) is 4.98 Å². The second kappa shape index (κ2) is 4.89. The van der Waals surface area contributed by atoms with Gasteiger partial charge in [0.1, 0.15) is 5.52 Å². The van der Waals surface area contributed by atoms with Crippen LogP contribution in [0.15, 0.2) is 46.9 Å². The first-order valence-electron chi connectivity index (χ1n) is 6.28. The number of benzene rings is 2. The molecular weight excluding hydrogens is 290 g/mol. The van der Waals surface area contributed by atoms with Crippen LogP contribution in [0.3, 0.4) is 0 Å². The molecule has 0 N–H and O–H groups in total. The maximum absolute atomic E-state index is 11.3. The maximum Gasteiger partial charge on any atom is 0.306 e. The van der Waals surface area contributed by atoms with Crippen molar-refractivity contribution in [3.05, 3.63) is 48.0 Å². The summed E-state index contributed by atoms with van der Waals surface area (Å²) in [6.07, 6.45) is 0.999. The topological polar surface area (TPSA) is 69.4 Å². The Labute approximate surface area is 122 Å². The molecule has 0 atom stereocenters. The molecule has 21 heavy (non-hydrogen) atoms. The number of aromatic nitrogens is 1. The number of hydrogen-bond acceptors (Lipinski definition) is 5. The molecule has 108 valence electrons. The summed E-state index contributed by atoms with van der Waals surface area (Å²) in [5.41, 5.74) is 2.92. The Morgan fingerprint density at radius 1 is 1.14 bits per heavy atom. The van der Waals surface area contributed by atoms with Crippen LogP contribution < -0.4 is 4.18 Å². The minimum absolute atomic E-state index is 0.197. The highest BCUT2D eigenvalue weighted by Crippen LogP contribution is 2.32. The van der Waals surface area contributed by atoms with Crippen molar-refractivity contribution in [2.45, 2.75) is 6.92 Å². The minimum atomic E-state index is -3.61. The van der Waals surface area contributed by atoms with Gasteiger partial charge < -0.3 is 8.60 Å². The molecule has 6 heteroatoms. The fourth-order valence-corrected chi connectivity index (χ4v) is 2.50. The summed E-state index contributed by atoms with van der Waals surface area (Å²) in [4.78, 5) is 4.37. The molecule has 0 aliphatic rings. The largest absolute Gasteiger partial charge is 0.436 e. The van der Waals surface area contributed by atoms with Gasteiger partial charge in [-0.05, 0) is 36.8 Å². The molecule has 0 saturated heterocycles. The van der Waals surface area contributed by atoms with Crippen LogP contribution in [0.25, 0.3) is 22.6 Å². The Balaban J connectivity index is 2.14. The summed E-state index contributed by atoms with van der Waals surface area (Å²) in [5, 5.41) is 0. The second-order valence-corrected chi connectivity index (χ2v) is 6.35. The Kier molecular flexibility index (Phi) is 3.17. The van der Waals surface area contributed by atoms with E-state index in [1.807, 2.05) is 25.1 Å². The smallest absolute Gasteiger partial charge is 0.306 e. The monoisotopic (exact) mass is 303 g/mol. The standard InChI is InChI=1S/C15H13NO4S/c1-10-7-8-12-14(9-10)19-15(16-12)11-5-3-4-6-13(11)20-21(2,17)18/h3-9H,1-2H3. The van der Waals surface area contributed by atoms with Crippen molar-refractivity contribution >= 4 is 21.2 Å². The normalized spacial score (nSPS) is 11.7. The Bertz CT molecular complexity index is 912. The van der Waals surface area contributed by atoms with Crippen LogP contribution in [0.4, 0.5) is 0 Å². The van der Waals surface area contributed by atoms with E-state index in [0.717, 1.165) is 11.8 Å². The molecule has 1 aromatic heterocycles. The first-order valence-corrected chi connectivity index (χ1v) is 8.10. The summed E-state index contributed by atoms with van der Waals surface area (Å²) in [5.74, 6) is 0.526. The van der Waals surface area contributed by atoms with E-state index in [1.54, 1.807) is 24.3 Å². The lowest BCUT2D eigenvalue weighted by molar-refractivity contribution is 0.492.